The number of nitrogens with one attached hydrogen (secondary N) is 1. The molecule has 0 spiro atoms. The number of hydrogen-bond donors (Lipinski definition) is 1. The van der Waals surface area contributed by atoms with Crippen LogP contribution in [0.15, 0.2) is 47.4 Å². The number of amides is 1. The van der Waals surface area contributed by atoms with E-state index in [4.69, 9.17) is 4.74 Å². The lowest BCUT2D eigenvalue weighted by Gasteiger charge is -2.28. The van der Waals surface area contributed by atoms with Gasteiger partial charge in [-0.1, -0.05) is 37.8 Å². The number of hydrogen-bond acceptors (Lipinski definition) is 5. The molecule has 8 heteroatoms. The van der Waals surface area contributed by atoms with Crippen LogP contribution < -0.4 is 15.0 Å². The van der Waals surface area contributed by atoms with Crippen molar-refractivity contribution in [3.8, 4) is 5.75 Å². The Hall–Kier alpha value is -2.58. The maximum absolute atomic E-state index is 13.9. The molecule has 2 fully saturated rings. The van der Waals surface area contributed by atoms with Gasteiger partial charge in [-0.15, -0.1) is 0 Å². The molecule has 2 saturated heterocycles. The maximum atomic E-state index is 13.9. The van der Waals surface area contributed by atoms with E-state index in [1.54, 1.807) is 23.5 Å². The van der Waals surface area contributed by atoms with Crippen LogP contribution in [0.5, 0.6) is 5.75 Å². The average Bonchev–Trinajstić information content (AvgIpc) is 3.33. The molecule has 2 heterocycles. The highest BCUT2D eigenvalue weighted by molar-refractivity contribution is 7.89. The van der Waals surface area contributed by atoms with E-state index in [1.807, 2.05) is 30.3 Å². The third-order valence-electron chi connectivity index (χ3n) is 6.94. The Bertz CT molecular complexity index is 1100. The molecule has 35 heavy (non-hydrogen) atoms. The summed E-state index contributed by atoms with van der Waals surface area (Å²) in [5.74, 6) is 0.437. The SMILES string of the molecule is COc1cccc(CNC(=O)c2ccc(N3CCCCCC3)c(S(=O)(=O)N3CCCCCC3)c2)c1. The molecule has 0 radical (unpaired) electrons. The first-order chi connectivity index (χ1) is 17.0. The van der Waals surface area contributed by atoms with Gasteiger partial charge in [-0.3, -0.25) is 4.79 Å². The van der Waals surface area contributed by atoms with E-state index in [1.165, 1.54) is 0 Å². The first-order valence-corrected chi connectivity index (χ1v) is 14.2. The number of nitrogens with zero attached hydrogens (tertiary/aromatic N) is 2. The number of anilines is 1. The first kappa shape index (κ1) is 25.5. The fourth-order valence-corrected chi connectivity index (χ4v) is 6.68. The minimum absolute atomic E-state index is 0.260. The molecule has 2 aliphatic rings. The Kier molecular flexibility index (Phi) is 8.68. The molecule has 7 nitrogen and oxygen atoms in total. The van der Waals surface area contributed by atoms with Crippen molar-refractivity contribution in [2.45, 2.75) is 62.8 Å². The second-order valence-electron chi connectivity index (χ2n) is 9.44. The second-order valence-corrected chi connectivity index (χ2v) is 11.3. The van der Waals surface area contributed by atoms with E-state index in [0.717, 1.165) is 81.5 Å². The standard InChI is InChI=1S/C27H37N3O4S/c1-34-24-12-10-11-22(19-24)21-28-27(31)23-13-14-25(29-15-6-2-3-7-16-29)26(20-23)35(32,33)30-17-8-4-5-9-18-30/h10-14,19-20H,2-9,15-18,21H2,1H3,(H,28,31). The zero-order chi connectivity index (χ0) is 24.7. The van der Waals surface area contributed by atoms with Gasteiger partial charge in [0.05, 0.1) is 12.8 Å². The molecular weight excluding hydrogens is 462 g/mol. The quantitative estimate of drug-likeness (QED) is 0.604. The third-order valence-corrected chi connectivity index (χ3v) is 8.87. The summed E-state index contributed by atoms with van der Waals surface area (Å²) in [5, 5.41) is 2.93. The van der Waals surface area contributed by atoms with Crippen LogP contribution in [0.4, 0.5) is 5.69 Å². The molecule has 0 aromatic heterocycles. The number of benzene rings is 2. The predicted molar refractivity (Wildman–Crippen MR) is 139 cm³/mol. The van der Waals surface area contributed by atoms with Gasteiger partial charge in [0.1, 0.15) is 10.6 Å². The monoisotopic (exact) mass is 499 g/mol. The summed E-state index contributed by atoms with van der Waals surface area (Å²) >= 11 is 0. The summed E-state index contributed by atoms with van der Waals surface area (Å²) in [6, 6.07) is 12.7. The van der Waals surface area contributed by atoms with Crippen molar-refractivity contribution in [3.63, 3.8) is 0 Å². The van der Waals surface area contributed by atoms with Crippen LogP contribution in [0.25, 0.3) is 0 Å². The Labute approximate surface area is 209 Å². The molecular formula is C27H37N3O4S. The van der Waals surface area contributed by atoms with Gasteiger partial charge >= 0.3 is 0 Å². The summed E-state index contributed by atoms with van der Waals surface area (Å²) in [6.07, 6.45) is 8.27. The molecule has 2 aromatic rings. The molecule has 0 saturated carbocycles. The van der Waals surface area contributed by atoms with Gasteiger partial charge in [0.25, 0.3) is 5.91 Å². The van der Waals surface area contributed by atoms with Gasteiger partial charge in [-0.25, -0.2) is 8.42 Å². The minimum atomic E-state index is -3.71. The largest absolute Gasteiger partial charge is 0.497 e. The molecule has 1 N–H and O–H groups in total. The highest BCUT2D eigenvalue weighted by atomic mass is 32.2. The highest BCUT2D eigenvalue weighted by Crippen LogP contribution is 2.32. The van der Waals surface area contributed by atoms with Gasteiger partial charge in [0, 0.05) is 38.3 Å². The van der Waals surface area contributed by atoms with Crippen LogP contribution in [0.3, 0.4) is 0 Å². The Morgan fingerprint density at radius 2 is 1.54 bits per heavy atom. The van der Waals surface area contributed by atoms with E-state index in [9.17, 15) is 13.2 Å². The van der Waals surface area contributed by atoms with Gasteiger partial charge in [0.15, 0.2) is 0 Å². The van der Waals surface area contributed by atoms with Gasteiger partial charge in [-0.05, 0) is 61.6 Å². The van der Waals surface area contributed by atoms with E-state index in [0.29, 0.717) is 25.2 Å². The van der Waals surface area contributed by atoms with Crippen molar-refractivity contribution in [3.05, 3.63) is 53.6 Å². The van der Waals surface area contributed by atoms with Crippen LogP contribution in [-0.4, -0.2) is 51.9 Å². The highest BCUT2D eigenvalue weighted by Gasteiger charge is 2.30. The van der Waals surface area contributed by atoms with Gasteiger partial charge < -0.3 is 15.0 Å². The molecule has 2 aromatic carbocycles. The van der Waals surface area contributed by atoms with E-state index >= 15 is 0 Å². The molecule has 0 aliphatic carbocycles. The van der Waals surface area contributed by atoms with Crippen LogP contribution >= 0.6 is 0 Å². The lowest BCUT2D eigenvalue weighted by molar-refractivity contribution is 0.0950. The zero-order valence-corrected chi connectivity index (χ0v) is 21.5. The van der Waals surface area contributed by atoms with Crippen molar-refractivity contribution in [2.75, 3.05) is 38.2 Å². The maximum Gasteiger partial charge on any atom is 0.251 e. The molecule has 4 rings (SSSR count). The molecule has 0 atom stereocenters. The number of ether oxygens (including phenoxy) is 1. The topological polar surface area (TPSA) is 79.0 Å². The van der Waals surface area contributed by atoms with Crippen molar-refractivity contribution < 1.29 is 17.9 Å². The fraction of sp³-hybridized carbons (Fsp3) is 0.519. The number of methoxy groups -OCH3 is 1. The smallest absolute Gasteiger partial charge is 0.251 e. The molecule has 0 unspecified atom stereocenters. The minimum Gasteiger partial charge on any atom is -0.497 e. The third kappa shape index (κ3) is 6.35. The van der Waals surface area contributed by atoms with Crippen molar-refractivity contribution in [1.82, 2.24) is 9.62 Å². The van der Waals surface area contributed by atoms with Crippen molar-refractivity contribution >= 4 is 21.6 Å². The fourth-order valence-electron chi connectivity index (χ4n) is 4.92. The normalized spacial score (nSPS) is 17.9. The number of carbonyl (C=O) groups is 1. The van der Waals surface area contributed by atoms with E-state index < -0.39 is 10.0 Å². The van der Waals surface area contributed by atoms with E-state index in [-0.39, 0.29) is 10.8 Å². The summed E-state index contributed by atoms with van der Waals surface area (Å²) in [7, 11) is -2.11. The average molecular weight is 500 g/mol. The summed E-state index contributed by atoms with van der Waals surface area (Å²) < 4.78 is 34.6. The van der Waals surface area contributed by atoms with E-state index in [2.05, 4.69) is 10.2 Å². The van der Waals surface area contributed by atoms with Crippen LogP contribution in [0, 0.1) is 0 Å². The molecule has 2 aliphatic heterocycles. The Morgan fingerprint density at radius 3 is 2.20 bits per heavy atom. The van der Waals surface area contributed by atoms with Gasteiger partial charge in [0.2, 0.25) is 10.0 Å². The molecule has 0 bridgehead atoms. The summed E-state index contributed by atoms with van der Waals surface area (Å²) in [6.45, 7) is 3.08. The molecule has 1 amide bonds. The zero-order valence-electron chi connectivity index (χ0n) is 20.7. The molecule has 190 valence electrons. The van der Waals surface area contributed by atoms with Crippen molar-refractivity contribution in [2.24, 2.45) is 0 Å². The van der Waals surface area contributed by atoms with Crippen molar-refractivity contribution in [1.29, 1.82) is 0 Å². The van der Waals surface area contributed by atoms with Crippen LogP contribution in [0.1, 0.15) is 67.3 Å². The lowest BCUT2D eigenvalue weighted by Crippen LogP contribution is -2.34. The second kappa shape index (κ2) is 11.9. The van der Waals surface area contributed by atoms with Crippen LogP contribution in [-0.2, 0) is 16.6 Å². The number of carbonyl (C=O) groups excluding carboxylic acids is 1. The van der Waals surface area contributed by atoms with Gasteiger partial charge in [-0.2, -0.15) is 4.31 Å². The Morgan fingerprint density at radius 1 is 0.886 bits per heavy atom. The summed E-state index contributed by atoms with van der Waals surface area (Å²) in [5.41, 5.74) is 2.00. The Balaban J connectivity index is 1.62. The van der Waals surface area contributed by atoms with Crippen LogP contribution in [0.2, 0.25) is 0 Å². The lowest BCUT2D eigenvalue weighted by atomic mass is 10.1. The first-order valence-electron chi connectivity index (χ1n) is 12.8. The predicted octanol–water partition coefficient (Wildman–Crippen LogP) is 4.57. The number of sulfonamides is 1. The number of rotatable bonds is 7. The summed E-state index contributed by atoms with van der Waals surface area (Å²) in [4.78, 5) is 15.5.